The second-order valence-corrected chi connectivity index (χ2v) is 5.67. The predicted octanol–water partition coefficient (Wildman–Crippen LogP) is 1.15. The average molecular weight is 336 g/mol. The van der Waals surface area contributed by atoms with Crippen molar-refractivity contribution in [1.82, 2.24) is 24.7 Å². The van der Waals surface area contributed by atoms with Gasteiger partial charge in [0.2, 0.25) is 5.95 Å². The lowest BCUT2D eigenvalue weighted by Crippen LogP contribution is -2.37. The van der Waals surface area contributed by atoms with E-state index in [1.807, 2.05) is 12.1 Å². The van der Waals surface area contributed by atoms with Crippen molar-refractivity contribution in [2.24, 2.45) is 0 Å². The van der Waals surface area contributed by atoms with Gasteiger partial charge in [-0.15, -0.1) is 0 Å². The van der Waals surface area contributed by atoms with Gasteiger partial charge in [-0.25, -0.2) is 14.6 Å². The highest BCUT2D eigenvalue weighted by atomic mass is 16.5. The summed E-state index contributed by atoms with van der Waals surface area (Å²) in [5, 5.41) is 7.75. The molecular formula is C17H16N6O2. The summed E-state index contributed by atoms with van der Waals surface area (Å²) in [5.74, 6) is 0.501. The van der Waals surface area contributed by atoms with Gasteiger partial charge in [-0.3, -0.25) is 9.78 Å². The number of anilines is 1. The first-order chi connectivity index (χ1) is 12.3. The largest absolute Gasteiger partial charge is 0.377 e. The van der Waals surface area contributed by atoms with Crippen molar-refractivity contribution in [3.05, 3.63) is 65.5 Å². The number of ether oxygens (including phenoxy) is 1. The molecule has 2 atom stereocenters. The van der Waals surface area contributed by atoms with E-state index in [4.69, 9.17) is 4.74 Å². The summed E-state index contributed by atoms with van der Waals surface area (Å²) >= 11 is 0. The van der Waals surface area contributed by atoms with Gasteiger partial charge in [0.1, 0.15) is 6.04 Å². The minimum absolute atomic E-state index is 0.139. The second kappa shape index (κ2) is 6.78. The van der Waals surface area contributed by atoms with Crippen molar-refractivity contribution >= 4 is 5.95 Å². The third-order valence-corrected chi connectivity index (χ3v) is 4.05. The van der Waals surface area contributed by atoms with E-state index in [2.05, 4.69) is 25.4 Å². The summed E-state index contributed by atoms with van der Waals surface area (Å²) in [7, 11) is 0. The molecule has 0 radical (unpaired) electrons. The van der Waals surface area contributed by atoms with Gasteiger partial charge in [-0.2, -0.15) is 5.10 Å². The molecular weight excluding hydrogens is 320 g/mol. The van der Waals surface area contributed by atoms with Crippen molar-refractivity contribution in [1.29, 1.82) is 0 Å². The van der Waals surface area contributed by atoms with E-state index >= 15 is 0 Å². The molecule has 8 heteroatoms. The SMILES string of the molecule is O=c1ccc(-c2ccncc2)nn1C1COCC1Nc1ncccn1. The second-order valence-electron chi connectivity index (χ2n) is 5.67. The molecule has 0 aliphatic carbocycles. The molecule has 1 saturated heterocycles. The Kier molecular flexibility index (Phi) is 4.17. The van der Waals surface area contributed by atoms with Gasteiger partial charge >= 0.3 is 0 Å². The number of nitrogens with one attached hydrogen (secondary N) is 1. The summed E-state index contributed by atoms with van der Waals surface area (Å²) in [6.07, 6.45) is 6.72. The Bertz CT molecular complexity index is 900. The van der Waals surface area contributed by atoms with Crippen LogP contribution in [0.1, 0.15) is 6.04 Å². The fraction of sp³-hybridized carbons (Fsp3) is 0.235. The van der Waals surface area contributed by atoms with Crippen LogP contribution in [0.15, 0.2) is 59.9 Å². The summed E-state index contributed by atoms with van der Waals surface area (Å²) < 4.78 is 7.04. The highest BCUT2D eigenvalue weighted by Gasteiger charge is 2.32. The number of hydrogen-bond donors (Lipinski definition) is 1. The van der Waals surface area contributed by atoms with E-state index in [0.29, 0.717) is 24.9 Å². The maximum Gasteiger partial charge on any atom is 0.267 e. The van der Waals surface area contributed by atoms with Crippen LogP contribution in [0.3, 0.4) is 0 Å². The van der Waals surface area contributed by atoms with Gasteiger partial charge in [0.25, 0.3) is 5.56 Å². The van der Waals surface area contributed by atoms with Crippen molar-refractivity contribution in [3.63, 3.8) is 0 Å². The summed E-state index contributed by atoms with van der Waals surface area (Å²) in [6, 6.07) is 8.33. The molecule has 126 valence electrons. The van der Waals surface area contributed by atoms with Gasteiger partial charge in [-0.05, 0) is 24.3 Å². The molecule has 4 heterocycles. The Morgan fingerprint density at radius 1 is 1.04 bits per heavy atom. The molecule has 0 spiro atoms. The van der Waals surface area contributed by atoms with Gasteiger partial charge in [0, 0.05) is 36.4 Å². The van der Waals surface area contributed by atoms with Crippen LogP contribution < -0.4 is 10.9 Å². The summed E-state index contributed by atoms with van der Waals surface area (Å²) in [4.78, 5) is 24.7. The molecule has 0 saturated carbocycles. The Hall–Kier alpha value is -3.13. The number of rotatable bonds is 4. The number of nitrogens with zero attached hydrogens (tertiary/aromatic N) is 5. The van der Waals surface area contributed by atoms with Crippen molar-refractivity contribution in [3.8, 4) is 11.3 Å². The lowest BCUT2D eigenvalue weighted by Gasteiger charge is -2.20. The zero-order chi connectivity index (χ0) is 17.1. The molecule has 3 aromatic rings. The lowest BCUT2D eigenvalue weighted by atomic mass is 10.1. The standard InChI is InChI=1S/C17H16N6O2/c24-16-3-2-13(12-4-8-18-9-5-12)22-23(16)15-11-25-10-14(15)21-17-19-6-1-7-20-17/h1-9,14-15H,10-11H2,(H,19,20,21). The molecule has 1 N–H and O–H groups in total. The fourth-order valence-corrected chi connectivity index (χ4v) is 2.80. The molecule has 1 fully saturated rings. The molecule has 25 heavy (non-hydrogen) atoms. The third kappa shape index (κ3) is 3.24. The van der Waals surface area contributed by atoms with Crippen LogP contribution in [0, 0.1) is 0 Å². The summed E-state index contributed by atoms with van der Waals surface area (Å²) in [6.45, 7) is 0.855. The van der Waals surface area contributed by atoms with Crippen molar-refractivity contribution < 1.29 is 4.74 Å². The topological polar surface area (TPSA) is 94.8 Å². The van der Waals surface area contributed by atoms with Gasteiger partial charge in [0.15, 0.2) is 0 Å². The number of pyridine rings is 1. The van der Waals surface area contributed by atoms with Crippen LogP contribution in [0.4, 0.5) is 5.95 Å². The maximum atomic E-state index is 12.4. The van der Waals surface area contributed by atoms with E-state index in [1.165, 1.54) is 10.7 Å². The smallest absolute Gasteiger partial charge is 0.267 e. The number of aromatic nitrogens is 5. The Morgan fingerprint density at radius 3 is 2.64 bits per heavy atom. The number of hydrogen-bond acceptors (Lipinski definition) is 7. The average Bonchev–Trinajstić information content (AvgIpc) is 3.11. The fourth-order valence-electron chi connectivity index (χ4n) is 2.80. The molecule has 1 aliphatic rings. The molecule has 0 bridgehead atoms. The molecule has 0 aromatic carbocycles. The summed E-state index contributed by atoms with van der Waals surface area (Å²) in [5.41, 5.74) is 1.44. The highest BCUT2D eigenvalue weighted by molar-refractivity contribution is 5.57. The first kappa shape index (κ1) is 15.4. The molecule has 3 aromatic heterocycles. The van der Waals surface area contributed by atoms with E-state index in [1.54, 1.807) is 36.9 Å². The zero-order valence-corrected chi connectivity index (χ0v) is 13.3. The molecule has 8 nitrogen and oxygen atoms in total. The maximum absolute atomic E-state index is 12.4. The molecule has 1 aliphatic heterocycles. The quantitative estimate of drug-likeness (QED) is 0.763. The third-order valence-electron chi connectivity index (χ3n) is 4.05. The van der Waals surface area contributed by atoms with Crippen molar-refractivity contribution in [2.45, 2.75) is 12.1 Å². The monoisotopic (exact) mass is 336 g/mol. The van der Waals surface area contributed by atoms with Gasteiger partial charge < -0.3 is 10.1 Å². The highest BCUT2D eigenvalue weighted by Crippen LogP contribution is 2.21. The molecule has 0 amide bonds. The molecule has 2 unspecified atom stereocenters. The van der Waals surface area contributed by atoms with E-state index in [-0.39, 0.29) is 17.6 Å². The van der Waals surface area contributed by atoms with E-state index in [0.717, 1.165) is 5.56 Å². The van der Waals surface area contributed by atoms with Crippen LogP contribution in [-0.2, 0) is 4.74 Å². The van der Waals surface area contributed by atoms with E-state index in [9.17, 15) is 4.79 Å². The first-order valence-corrected chi connectivity index (χ1v) is 7.93. The van der Waals surface area contributed by atoms with Gasteiger partial charge in [-0.1, -0.05) is 0 Å². The predicted molar refractivity (Wildman–Crippen MR) is 91.0 cm³/mol. The minimum Gasteiger partial charge on any atom is -0.377 e. The van der Waals surface area contributed by atoms with Crippen molar-refractivity contribution in [2.75, 3.05) is 18.5 Å². The van der Waals surface area contributed by atoms with Crippen LogP contribution in [0.2, 0.25) is 0 Å². The Labute approximate surface area is 143 Å². The normalized spacial score (nSPS) is 19.7. The Balaban J connectivity index is 1.65. The van der Waals surface area contributed by atoms with Gasteiger partial charge in [0.05, 0.1) is 24.9 Å². The molecule has 4 rings (SSSR count). The van der Waals surface area contributed by atoms with Crippen LogP contribution in [0.5, 0.6) is 0 Å². The van der Waals surface area contributed by atoms with Crippen LogP contribution in [-0.4, -0.2) is 44.0 Å². The first-order valence-electron chi connectivity index (χ1n) is 7.93. The Morgan fingerprint density at radius 2 is 1.84 bits per heavy atom. The lowest BCUT2D eigenvalue weighted by molar-refractivity contribution is 0.183. The van der Waals surface area contributed by atoms with E-state index < -0.39 is 0 Å². The zero-order valence-electron chi connectivity index (χ0n) is 13.3. The van der Waals surface area contributed by atoms with Crippen LogP contribution >= 0.6 is 0 Å². The van der Waals surface area contributed by atoms with Crippen LogP contribution in [0.25, 0.3) is 11.3 Å². The minimum atomic E-state index is -0.238.